The summed E-state index contributed by atoms with van der Waals surface area (Å²) in [5.41, 5.74) is 0.537. The Labute approximate surface area is 102 Å². The van der Waals surface area contributed by atoms with Crippen LogP contribution >= 0.6 is 0 Å². The number of hydrogen-bond acceptors (Lipinski definition) is 1. The van der Waals surface area contributed by atoms with Gasteiger partial charge in [0.15, 0.2) is 0 Å². The Morgan fingerprint density at radius 2 is 1.71 bits per heavy atom. The Morgan fingerprint density at radius 1 is 1.24 bits per heavy atom. The van der Waals surface area contributed by atoms with Crippen LogP contribution in [0.1, 0.15) is 39.3 Å². The SMILES string of the molecule is CC(c1ccc(F)cc1)N(C)C(=O)C(C)(C)C. The summed E-state index contributed by atoms with van der Waals surface area (Å²) >= 11 is 0. The average molecular weight is 237 g/mol. The van der Waals surface area contributed by atoms with Gasteiger partial charge in [-0.3, -0.25) is 4.79 Å². The smallest absolute Gasteiger partial charge is 0.228 e. The molecule has 1 unspecified atom stereocenters. The van der Waals surface area contributed by atoms with Gasteiger partial charge in [0.25, 0.3) is 0 Å². The highest BCUT2D eigenvalue weighted by atomic mass is 19.1. The molecule has 1 rings (SSSR count). The van der Waals surface area contributed by atoms with E-state index in [0.717, 1.165) is 5.56 Å². The maximum absolute atomic E-state index is 12.8. The van der Waals surface area contributed by atoms with Crippen molar-refractivity contribution in [1.82, 2.24) is 4.90 Å². The fraction of sp³-hybridized carbons (Fsp3) is 0.500. The van der Waals surface area contributed by atoms with Crippen LogP contribution in [-0.2, 0) is 4.79 Å². The van der Waals surface area contributed by atoms with Gasteiger partial charge in [0.1, 0.15) is 5.82 Å². The first-order valence-corrected chi connectivity index (χ1v) is 5.76. The lowest BCUT2D eigenvalue weighted by Gasteiger charge is -2.31. The number of benzene rings is 1. The first-order valence-electron chi connectivity index (χ1n) is 5.76. The quantitative estimate of drug-likeness (QED) is 0.772. The van der Waals surface area contributed by atoms with Crippen molar-refractivity contribution in [1.29, 1.82) is 0 Å². The molecule has 0 aromatic heterocycles. The van der Waals surface area contributed by atoms with Crippen molar-refractivity contribution in [2.45, 2.75) is 33.7 Å². The fourth-order valence-electron chi connectivity index (χ4n) is 1.67. The van der Waals surface area contributed by atoms with E-state index in [1.807, 2.05) is 27.7 Å². The molecule has 17 heavy (non-hydrogen) atoms. The lowest BCUT2D eigenvalue weighted by atomic mass is 9.93. The molecule has 0 aliphatic heterocycles. The van der Waals surface area contributed by atoms with Crippen molar-refractivity contribution < 1.29 is 9.18 Å². The summed E-state index contributed by atoms with van der Waals surface area (Å²) in [6, 6.07) is 6.21. The zero-order chi connectivity index (χ0) is 13.2. The average Bonchev–Trinajstić information content (AvgIpc) is 2.26. The maximum atomic E-state index is 12.8. The highest BCUT2D eigenvalue weighted by molar-refractivity contribution is 5.81. The summed E-state index contributed by atoms with van der Waals surface area (Å²) in [4.78, 5) is 13.8. The molecule has 1 atom stereocenters. The van der Waals surface area contributed by atoms with E-state index in [0.29, 0.717) is 0 Å². The Morgan fingerprint density at radius 3 is 2.12 bits per heavy atom. The van der Waals surface area contributed by atoms with E-state index in [1.54, 1.807) is 24.1 Å². The predicted molar refractivity (Wildman–Crippen MR) is 67.0 cm³/mol. The van der Waals surface area contributed by atoms with Crippen LogP contribution in [0, 0.1) is 11.2 Å². The number of rotatable bonds is 2. The van der Waals surface area contributed by atoms with Crippen LogP contribution in [-0.4, -0.2) is 17.9 Å². The standard InChI is InChI=1S/C14H20FNO/c1-10(11-6-8-12(15)9-7-11)16(5)13(17)14(2,3)4/h6-10H,1-5H3. The minimum absolute atomic E-state index is 0.0534. The molecule has 1 aromatic carbocycles. The van der Waals surface area contributed by atoms with Crippen molar-refractivity contribution in [3.8, 4) is 0 Å². The molecule has 1 aromatic rings. The van der Waals surface area contributed by atoms with Gasteiger partial charge in [0.2, 0.25) is 5.91 Å². The van der Waals surface area contributed by atoms with Gasteiger partial charge >= 0.3 is 0 Å². The number of nitrogens with zero attached hydrogens (tertiary/aromatic N) is 1. The van der Waals surface area contributed by atoms with Gasteiger partial charge in [0.05, 0.1) is 6.04 Å². The molecule has 0 fully saturated rings. The van der Waals surface area contributed by atoms with Gasteiger partial charge in [-0.05, 0) is 24.6 Å². The maximum Gasteiger partial charge on any atom is 0.228 e. The lowest BCUT2D eigenvalue weighted by Crippen LogP contribution is -2.38. The minimum atomic E-state index is -0.400. The highest BCUT2D eigenvalue weighted by Crippen LogP contribution is 2.25. The summed E-state index contributed by atoms with van der Waals surface area (Å²) in [6.45, 7) is 7.62. The molecule has 0 spiro atoms. The molecule has 0 saturated heterocycles. The third kappa shape index (κ3) is 3.29. The number of carbonyl (C=O) groups is 1. The molecule has 0 bridgehead atoms. The summed E-state index contributed by atoms with van der Waals surface area (Å²) in [6.07, 6.45) is 0. The topological polar surface area (TPSA) is 20.3 Å². The van der Waals surface area contributed by atoms with Crippen LogP contribution in [0.2, 0.25) is 0 Å². The molecular formula is C14H20FNO. The molecule has 94 valence electrons. The summed E-state index contributed by atoms with van der Waals surface area (Å²) in [7, 11) is 1.78. The molecule has 0 aliphatic carbocycles. The number of carbonyl (C=O) groups excluding carboxylic acids is 1. The zero-order valence-corrected chi connectivity index (χ0v) is 11.1. The van der Waals surface area contributed by atoms with Gasteiger partial charge in [-0.15, -0.1) is 0 Å². The molecule has 0 N–H and O–H groups in total. The zero-order valence-electron chi connectivity index (χ0n) is 11.1. The monoisotopic (exact) mass is 237 g/mol. The van der Waals surface area contributed by atoms with Gasteiger partial charge in [-0.1, -0.05) is 32.9 Å². The van der Waals surface area contributed by atoms with Crippen molar-refractivity contribution in [3.05, 3.63) is 35.6 Å². The van der Waals surface area contributed by atoms with Crippen molar-refractivity contribution >= 4 is 5.91 Å². The Bertz CT molecular complexity index is 392. The molecule has 0 saturated carbocycles. The van der Waals surface area contributed by atoms with Gasteiger partial charge < -0.3 is 4.90 Å². The Balaban J connectivity index is 2.87. The largest absolute Gasteiger partial charge is 0.339 e. The molecule has 2 nitrogen and oxygen atoms in total. The van der Waals surface area contributed by atoms with Crippen molar-refractivity contribution in [3.63, 3.8) is 0 Å². The number of amides is 1. The van der Waals surface area contributed by atoms with Crippen LogP contribution in [0.5, 0.6) is 0 Å². The van der Waals surface area contributed by atoms with E-state index in [1.165, 1.54) is 12.1 Å². The highest BCUT2D eigenvalue weighted by Gasteiger charge is 2.28. The molecule has 1 amide bonds. The van der Waals surface area contributed by atoms with E-state index < -0.39 is 5.41 Å². The van der Waals surface area contributed by atoms with E-state index in [9.17, 15) is 9.18 Å². The normalized spacial score (nSPS) is 13.3. The van der Waals surface area contributed by atoms with E-state index in [-0.39, 0.29) is 17.8 Å². The van der Waals surface area contributed by atoms with Gasteiger partial charge in [0, 0.05) is 12.5 Å². The Hall–Kier alpha value is -1.38. The van der Waals surface area contributed by atoms with Crippen LogP contribution in [0.4, 0.5) is 4.39 Å². The van der Waals surface area contributed by atoms with Crippen LogP contribution < -0.4 is 0 Å². The summed E-state index contributed by atoms with van der Waals surface area (Å²) in [5, 5.41) is 0. The molecular weight excluding hydrogens is 217 g/mol. The summed E-state index contributed by atoms with van der Waals surface area (Å²) in [5.74, 6) is -0.180. The number of hydrogen-bond donors (Lipinski definition) is 0. The van der Waals surface area contributed by atoms with Crippen molar-refractivity contribution in [2.75, 3.05) is 7.05 Å². The second kappa shape index (κ2) is 4.86. The van der Waals surface area contributed by atoms with Crippen LogP contribution in [0.3, 0.4) is 0 Å². The van der Waals surface area contributed by atoms with Crippen LogP contribution in [0.25, 0.3) is 0 Å². The first-order chi connectivity index (χ1) is 7.73. The van der Waals surface area contributed by atoms with E-state index >= 15 is 0 Å². The van der Waals surface area contributed by atoms with Gasteiger partial charge in [-0.25, -0.2) is 4.39 Å². The number of halogens is 1. The van der Waals surface area contributed by atoms with Gasteiger partial charge in [-0.2, -0.15) is 0 Å². The molecule has 3 heteroatoms. The fourth-order valence-corrected chi connectivity index (χ4v) is 1.67. The molecule has 0 heterocycles. The molecule has 0 radical (unpaired) electrons. The Kier molecular flexibility index (Phi) is 3.91. The lowest BCUT2D eigenvalue weighted by molar-refractivity contribution is -0.140. The second-order valence-corrected chi connectivity index (χ2v) is 5.39. The predicted octanol–water partition coefficient (Wildman–Crippen LogP) is 3.39. The minimum Gasteiger partial charge on any atom is -0.339 e. The van der Waals surface area contributed by atoms with Crippen LogP contribution in [0.15, 0.2) is 24.3 Å². The summed E-state index contributed by atoms with van der Waals surface area (Å²) < 4.78 is 12.8. The third-order valence-electron chi connectivity index (χ3n) is 2.90. The van der Waals surface area contributed by atoms with Crippen molar-refractivity contribution in [2.24, 2.45) is 5.41 Å². The van der Waals surface area contributed by atoms with E-state index in [4.69, 9.17) is 0 Å². The molecule has 0 aliphatic rings. The second-order valence-electron chi connectivity index (χ2n) is 5.39. The van der Waals surface area contributed by atoms with E-state index in [2.05, 4.69) is 0 Å². The third-order valence-corrected chi connectivity index (χ3v) is 2.90. The first kappa shape index (κ1) is 13.7.